The van der Waals surface area contributed by atoms with E-state index in [-0.39, 0.29) is 0 Å². The maximum Gasteiger partial charge on any atom is 0.239 e. The average molecular weight is 263 g/mol. The number of nitrogen functional groups attached to an aromatic ring is 1. The van der Waals surface area contributed by atoms with Crippen LogP contribution in [0.3, 0.4) is 0 Å². The molecule has 106 valence electrons. The van der Waals surface area contributed by atoms with Gasteiger partial charge in [0, 0.05) is 12.6 Å². The average Bonchev–Trinajstić information content (AvgIpc) is 3.23. The van der Waals surface area contributed by atoms with Crippen LogP contribution < -0.4 is 15.4 Å². The standard InChI is InChI=1S/C15H25N3O/c1-4-11(3)18(5-2)14-9-8-13(16)15(17-14)19-10-12-6-7-12/h8-9,11-12H,4-7,10,16H2,1-3H3. The van der Waals surface area contributed by atoms with Crippen LogP contribution in [-0.2, 0) is 0 Å². The highest BCUT2D eigenvalue weighted by atomic mass is 16.5. The zero-order chi connectivity index (χ0) is 13.8. The summed E-state index contributed by atoms with van der Waals surface area (Å²) in [5.41, 5.74) is 6.57. The second-order valence-electron chi connectivity index (χ2n) is 5.36. The minimum absolute atomic E-state index is 0.470. The van der Waals surface area contributed by atoms with Crippen LogP contribution in [0.15, 0.2) is 12.1 Å². The topological polar surface area (TPSA) is 51.4 Å². The highest BCUT2D eigenvalue weighted by Gasteiger charge is 2.23. The summed E-state index contributed by atoms with van der Waals surface area (Å²) in [6.07, 6.45) is 3.64. The summed E-state index contributed by atoms with van der Waals surface area (Å²) in [6, 6.07) is 4.35. The Morgan fingerprint density at radius 1 is 1.42 bits per heavy atom. The molecule has 1 heterocycles. The summed E-state index contributed by atoms with van der Waals surface area (Å²) in [7, 11) is 0. The first-order valence-corrected chi connectivity index (χ1v) is 7.31. The van der Waals surface area contributed by atoms with Crippen LogP contribution in [0, 0.1) is 5.92 Å². The van der Waals surface area contributed by atoms with Gasteiger partial charge in [-0.3, -0.25) is 0 Å². The Hall–Kier alpha value is -1.45. The lowest BCUT2D eigenvalue weighted by Crippen LogP contribution is -2.33. The number of rotatable bonds is 7. The molecule has 0 bridgehead atoms. The SMILES string of the molecule is CCC(C)N(CC)c1ccc(N)c(OCC2CC2)n1. The summed E-state index contributed by atoms with van der Waals surface area (Å²) in [6.45, 7) is 8.24. The van der Waals surface area contributed by atoms with Gasteiger partial charge in [0.1, 0.15) is 5.82 Å². The molecule has 2 N–H and O–H groups in total. The van der Waals surface area contributed by atoms with E-state index in [9.17, 15) is 0 Å². The predicted molar refractivity (Wildman–Crippen MR) is 79.6 cm³/mol. The first-order chi connectivity index (χ1) is 9.15. The van der Waals surface area contributed by atoms with Gasteiger partial charge in [0.25, 0.3) is 0 Å². The monoisotopic (exact) mass is 263 g/mol. The molecule has 1 aliphatic carbocycles. The molecule has 4 nitrogen and oxygen atoms in total. The number of anilines is 2. The Balaban J connectivity index is 2.12. The summed E-state index contributed by atoms with van der Waals surface area (Å²) < 4.78 is 5.75. The van der Waals surface area contributed by atoms with Gasteiger partial charge in [-0.2, -0.15) is 4.98 Å². The van der Waals surface area contributed by atoms with E-state index in [0.717, 1.165) is 25.4 Å². The van der Waals surface area contributed by atoms with E-state index >= 15 is 0 Å². The minimum Gasteiger partial charge on any atom is -0.476 e. The van der Waals surface area contributed by atoms with Gasteiger partial charge in [0.2, 0.25) is 5.88 Å². The molecule has 0 spiro atoms. The van der Waals surface area contributed by atoms with Gasteiger partial charge >= 0.3 is 0 Å². The van der Waals surface area contributed by atoms with Gasteiger partial charge in [-0.25, -0.2) is 0 Å². The molecule has 0 aliphatic heterocycles. The van der Waals surface area contributed by atoms with Gasteiger partial charge in [-0.1, -0.05) is 6.92 Å². The maximum absolute atomic E-state index is 5.94. The molecule has 0 aromatic carbocycles. The number of nitrogens with two attached hydrogens (primary N) is 1. The van der Waals surface area contributed by atoms with Crippen molar-refractivity contribution in [2.24, 2.45) is 5.92 Å². The molecule has 19 heavy (non-hydrogen) atoms. The molecule has 1 atom stereocenters. The van der Waals surface area contributed by atoms with Crippen molar-refractivity contribution in [2.45, 2.75) is 46.1 Å². The molecule has 1 unspecified atom stereocenters. The highest BCUT2D eigenvalue weighted by molar-refractivity contribution is 5.54. The Morgan fingerprint density at radius 3 is 2.74 bits per heavy atom. The number of aromatic nitrogens is 1. The van der Waals surface area contributed by atoms with Crippen LogP contribution in [0.25, 0.3) is 0 Å². The number of hydrogen-bond donors (Lipinski definition) is 1. The lowest BCUT2D eigenvalue weighted by Gasteiger charge is -2.28. The molecule has 1 fully saturated rings. The Labute approximate surface area is 116 Å². The van der Waals surface area contributed by atoms with E-state index < -0.39 is 0 Å². The van der Waals surface area contributed by atoms with Gasteiger partial charge in [-0.15, -0.1) is 0 Å². The lowest BCUT2D eigenvalue weighted by atomic mass is 10.2. The zero-order valence-corrected chi connectivity index (χ0v) is 12.2. The van der Waals surface area contributed by atoms with Crippen molar-refractivity contribution in [3.8, 4) is 5.88 Å². The molecule has 1 aliphatic rings. The second-order valence-corrected chi connectivity index (χ2v) is 5.36. The molecule has 0 saturated heterocycles. The van der Waals surface area contributed by atoms with Crippen molar-refractivity contribution in [1.82, 2.24) is 4.98 Å². The Bertz CT molecular complexity index is 418. The first kappa shape index (κ1) is 14.0. The minimum atomic E-state index is 0.470. The molecule has 1 saturated carbocycles. The van der Waals surface area contributed by atoms with Crippen molar-refractivity contribution in [1.29, 1.82) is 0 Å². The number of nitrogens with zero attached hydrogens (tertiary/aromatic N) is 2. The normalized spacial score (nSPS) is 16.2. The molecule has 0 amide bonds. The second kappa shape index (κ2) is 6.13. The van der Waals surface area contributed by atoms with Gasteiger partial charge in [0.15, 0.2) is 0 Å². The van der Waals surface area contributed by atoms with E-state index in [0.29, 0.717) is 23.5 Å². The van der Waals surface area contributed by atoms with E-state index in [1.54, 1.807) is 0 Å². The van der Waals surface area contributed by atoms with E-state index in [4.69, 9.17) is 10.5 Å². The highest BCUT2D eigenvalue weighted by Crippen LogP contribution is 2.31. The number of hydrogen-bond acceptors (Lipinski definition) is 4. The molecular weight excluding hydrogens is 238 g/mol. The fourth-order valence-corrected chi connectivity index (χ4v) is 2.12. The first-order valence-electron chi connectivity index (χ1n) is 7.31. The predicted octanol–water partition coefficient (Wildman–Crippen LogP) is 3.08. The van der Waals surface area contributed by atoms with Gasteiger partial charge < -0.3 is 15.4 Å². The summed E-state index contributed by atoms with van der Waals surface area (Å²) in [5, 5.41) is 0. The Kier molecular flexibility index (Phi) is 4.51. The summed E-state index contributed by atoms with van der Waals surface area (Å²) >= 11 is 0. The number of ether oxygens (including phenoxy) is 1. The fourth-order valence-electron chi connectivity index (χ4n) is 2.12. The van der Waals surface area contributed by atoms with Crippen molar-refractivity contribution >= 4 is 11.5 Å². The van der Waals surface area contributed by atoms with Crippen LogP contribution >= 0.6 is 0 Å². The number of pyridine rings is 1. The van der Waals surface area contributed by atoms with Gasteiger partial charge in [0.05, 0.1) is 12.3 Å². The third kappa shape index (κ3) is 3.52. The lowest BCUT2D eigenvalue weighted by molar-refractivity contribution is 0.290. The third-order valence-electron chi connectivity index (χ3n) is 3.79. The van der Waals surface area contributed by atoms with Crippen LogP contribution in [0.5, 0.6) is 5.88 Å². The molecular formula is C15H25N3O. The quantitative estimate of drug-likeness (QED) is 0.821. The molecule has 1 aromatic rings. The van der Waals surface area contributed by atoms with Crippen LogP contribution in [0.2, 0.25) is 0 Å². The van der Waals surface area contributed by atoms with Gasteiger partial charge in [-0.05, 0) is 51.2 Å². The maximum atomic E-state index is 5.94. The Morgan fingerprint density at radius 2 is 2.16 bits per heavy atom. The smallest absolute Gasteiger partial charge is 0.239 e. The molecule has 2 rings (SSSR count). The van der Waals surface area contributed by atoms with Crippen molar-refractivity contribution < 1.29 is 4.74 Å². The van der Waals surface area contributed by atoms with Crippen LogP contribution in [0.4, 0.5) is 11.5 Å². The molecule has 1 aromatic heterocycles. The van der Waals surface area contributed by atoms with Crippen molar-refractivity contribution in [2.75, 3.05) is 23.8 Å². The largest absolute Gasteiger partial charge is 0.476 e. The van der Waals surface area contributed by atoms with Crippen molar-refractivity contribution in [3.63, 3.8) is 0 Å². The summed E-state index contributed by atoms with van der Waals surface area (Å²) in [4.78, 5) is 6.87. The van der Waals surface area contributed by atoms with Crippen LogP contribution in [-0.4, -0.2) is 24.2 Å². The fraction of sp³-hybridized carbons (Fsp3) is 0.667. The molecule has 0 radical (unpaired) electrons. The summed E-state index contributed by atoms with van der Waals surface area (Å²) in [5.74, 6) is 2.25. The van der Waals surface area contributed by atoms with E-state index in [1.165, 1.54) is 12.8 Å². The van der Waals surface area contributed by atoms with E-state index in [1.807, 2.05) is 12.1 Å². The third-order valence-corrected chi connectivity index (χ3v) is 3.79. The van der Waals surface area contributed by atoms with Crippen LogP contribution in [0.1, 0.15) is 40.0 Å². The zero-order valence-electron chi connectivity index (χ0n) is 12.2. The van der Waals surface area contributed by atoms with E-state index in [2.05, 4.69) is 30.7 Å². The molecule has 4 heteroatoms. The van der Waals surface area contributed by atoms with Crippen molar-refractivity contribution in [3.05, 3.63) is 12.1 Å².